The van der Waals surface area contributed by atoms with Gasteiger partial charge in [-0.3, -0.25) is 4.98 Å². The number of nitrogens with zero attached hydrogens (tertiary/aromatic N) is 3. The standard InChI is InChI=1S/C24H29N5O3S2/c1-14(2)19-20(15-9-6-5-7-10-15)27-17-12-8-11-16(17)21(19)28-23(30)29-34(25,32)18-13-26-22(33-18)24(3,4)31/h5-7,9-10,13-14,31H,8,11-12H2,1-4H3,(H3,25,27,28,29,30,32)/t34-/m0/s1. The molecule has 34 heavy (non-hydrogen) atoms. The number of hydrogen-bond acceptors (Lipinski definition) is 6. The van der Waals surface area contributed by atoms with Gasteiger partial charge in [-0.05, 0) is 44.6 Å². The second-order valence-electron chi connectivity index (χ2n) is 9.18. The van der Waals surface area contributed by atoms with Crippen LogP contribution in [0.4, 0.5) is 10.5 Å². The Labute approximate surface area is 204 Å². The highest BCUT2D eigenvalue weighted by Crippen LogP contribution is 2.40. The van der Waals surface area contributed by atoms with Crippen molar-refractivity contribution in [2.24, 2.45) is 9.50 Å². The van der Waals surface area contributed by atoms with E-state index in [-0.39, 0.29) is 10.1 Å². The summed E-state index contributed by atoms with van der Waals surface area (Å²) in [5, 5.41) is 19.3. The maximum atomic E-state index is 13.1. The monoisotopic (exact) mass is 499 g/mol. The van der Waals surface area contributed by atoms with Crippen molar-refractivity contribution >= 4 is 33.0 Å². The van der Waals surface area contributed by atoms with E-state index in [2.05, 4.69) is 28.5 Å². The first-order valence-electron chi connectivity index (χ1n) is 11.1. The molecule has 8 nitrogen and oxygen atoms in total. The number of benzene rings is 1. The molecule has 2 amide bonds. The molecular weight excluding hydrogens is 470 g/mol. The normalized spacial score (nSPS) is 15.1. The Morgan fingerprint density at radius 1 is 1.26 bits per heavy atom. The van der Waals surface area contributed by atoms with Gasteiger partial charge < -0.3 is 10.4 Å². The van der Waals surface area contributed by atoms with Crippen molar-refractivity contribution in [1.82, 2.24) is 9.97 Å². The van der Waals surface area contributed by atoms with Gasteiger partial charge in [0, 0.05) is 16.8 Å². The molecule has 4 rings (SSSR count). The fourth-order valence-electron chi connectivity index (χ4n) is 4.09. The number of nitrogens with one attached hydrogen (secondary N) is 1. The Morgan fingerprint density at radius 3 is 2.59 bits per heavy atom. The third-order valence-corrected chi connectivity index (χ3v) is 8.82. The Bertz CT molecular complexity index is 1350. The van der Waals surface area contributed by atoms with E-state index in [4.69, 9.17) is 10.1 Å². The number of pyridine rings is 1. The van der Waals surface area contributed by atoms with E-state index in [1.165, 1.54) is 6.20 Å². The van der Waals surface area contributed by atoms with Crippen LogP contribution < -0.4 is 10.5 Å². The van der Waals surface area contributed by atoms with Gasteiger partial charge in [0.25, 0.3) is 0 Å². The van der Waals surface area contributed by atoms with Gasteiger partial charge in [0.2, 0.25) is 0 Å². The zero-order valence-electron chi connectivity index (χ0n) is 19.7. The lowest BCUT2D eigenvalue weighted by Crippen LogP contribution is -2.19. The summed E-state index contributed by atoms with van der Waals surface area (Å²) >= 11 is 0.978. The molecule has 0 unspecified atom stereocenters. The summed E-state index contributed by atoms with van der Waals surface area (Å²) < 4.78 is 17.1. The largest absolute Gasteiger partial charge is 0.383 e. The van der Waals surface area contributed by atoms with E-state index in [0.29, 0.717) is 10.7 Å². The van der Waals surface area contributed by atoms with Crippen molar-refractivity contribution in [2.45, 2.75) is 62.7 Å². The van der Waals surface area contributed by atoms with Crippen LogP contribution in [0, 0.1) is 0 Å². The summed E-state index contributed by atoms with van der Waals surface area (Å²) in [5.74, 6) is 0.0713. The topological polar surface area (TPSA) is 131 Å². The zero-order valence-corrected chi connectivity index (χ0v) is 21.3. The van der Waals surface area contributed by atoms with Crippen LogP contribution in [-0.4, -0.2) is 25.3 Å². The first-order valence-corrected chi connectivity index (χ1v) is 13.5. The Balaban J connectivity index is 1.76. The number of hydrogen-bond donors (Lipinski definition) is 3. The number of anilines is 1. The molecule has 0 spiro atoms. The van der Waals surface area contributed by atoms with E-state index in [9.17, 15) is 14.1 Å². The van der Waals surface area contributed by atoms with Crippen molar-refractivity contribution in [3.8, 4) is 11.3 Å². The SMILES string of the molecule is CC(C)c1c(-c2ccccc2)nc2c(c1NC(=O)N=[S@](N)(=O)c1cnc(C(C)(C)O)s1)CCC2. The molecule has 3 aromatic rings. The summed E-state index contributed by atoms with van der Waals surface area (Å²) in [7, 11) is -3.54. The maximum absolute atomic E-state index is 13.1. The van der Waals surface area contributed by atoms with Crippen LogP contribution in [0.25, 0.3) is 11.3 Å². The second-order valence-corrected chi connectivity index (χ2v) is 12.2. The number of urea groups is 1. The highest BCUT2D eigenvalue weighted by Gasteiger charge is 2.27. The Kier molecular flexibility index (Phi) is 6.61. The van der Waals surface area contributed by atoms with Crippen LogP contribution >= 0.6 is 11.3 Å². The molecule has 0 radical (unpaired) electrons. The molecule has 2 heterocycles. The molecule has 1 aliphatic rings. The summed E-state index contributed by atoms with van der Waals surface area (Å²) in [5.41, 5.74) is 4.15. The van der Waals surface area contributed by atoms with Gasteiger partial charge in [-0.1, -0.05) is 44.2 Å². The van der Waals surface area contributed by atoms with Gasteiger partial charge in [-0.2, -0.15) is 0 Å². The average molecular weight is 500 g/mol. The minimum Gasteiger partial charge on any atom is -0.383 e. The molecule has 1 aliphatic carbocycles. The van der Waals surface area contributed by atoms with Crippen LogP contribution in [0.2, 0.25) is 0 Å². The van der Waals surface area contributed by atoms with Gasteiger partial charge in [0.1, 0.15) is 14.8 Å². The fraction of sp³-hybridized carbons (Fsp3) is 0.375. The minimum absolute atomic E-state index is 0.0713. The third-order valence-electron chi connectivity index (χ3n) is 5.63. The average Bonchev–Trinajstić information content (AvgIpc) is 3.43. The highest BCUT2D eigenvalue weighted by molar-refractivity contribution is 7.93. The number of aryl methyl sites for hydroxylation is 1. The van der Waals surface area contributed by atoms with Gasteiger partial charge >= 0.3 is 6.03 Å². The smallest absolute Gasteiger partial charge is 0.354 e. The molecule has 10 heteroatoms. The molecule has 0 saturated heterocycles. The number of amides is 2. The van der Waals surface area contributed by atoms with Crippen LogP contribution in [0.3, 0.4) is 0 Å². The number of fused-ring (bicyclic) bond motifs is 1. The Hall–Kier alpha value is -2.66. The van der Waals surface area contributed by atoms with E-state index in [1.807, 2.05) is 30.3 Å². The third kappa shape index (κ3) is 4.90. The van der Waals surface area contributed by atoms with E-state index in [1.54, 1.807) is 13.8 Å². The number of aromatic nitrogens is 2. The lowest BCUT2D eigenvalue weighted by atomic mass is 9.92. The molecule has 180 valence electrons. The van der Waals surface area contributed by atoms with Crippen LogP contribution in [0.1, 0.15) is 61.9 Å². The lowest BCUT2D eigenvalue weighted by molar-refractivity contribution is 0.0783. The number of aliphatic hydroxyl groups is 1. The molecule has 0 fully saturated rings. The Morgan fingerprint density at radius 2 is 1.97 bits per heavy atom. The number of carbonyl (C=O) groups is 1. The highest BCUT2D eigenvalue weighted by atomic mass is 32.2. The molecule has 1 atom stereocenters. The second kappa shape index (κ2) is 9.18. The maximum Gasteiger partial charge on any atom is 0.354 e. The predicted octanol–water partition coefficient (Wildman–Crippen LogP) is 4.98. The first-order chi connectivity index (χ1) is 16.0. The van der Waals surface area contributed by atoms with Gasteiger partial charge in [0.15, 0.2) is 9.92 Å². The molecule has 4 N–H and O–H groups in total. The van der Waals surface area contributed by atoms with E-state index < -0.39 is 21.5 Å². The summed E-state index contributed by atoms with van der Waals surface area (Å²) in [4.78, 5) is 22.1. The molecule has 0 saturated carbocycles. The van der Waals surface area contributed by atoms with E-state index in [0.717, 1.165) is 58.7 Å². The lowest BCUT2D eigenvalue weighted by Gasteiger charge is -2.21. The van der Waals surface area contributed by atoms with Crippen molar-refractivity contribution in [2.75, 3.05) is 5.32 Å². The van der Waals surface area contributed by atoms with Crippen LogP contribution in [-0.2, 0) is 28.4 Å². The number of thiazole rings is 1. The molecule has 0 bridgehead atoms. The van der Waals surface area contributed by atoms with Crippen molar-refractivity contribution in [3.63, 3.8) is 0 Å². The summed E-state index contributed by atoms with van der Waals surface area (Å²) in [6, 6.07) is 9.09. The van der Waals surface area contributed by atoms with Crippen molar-refractivity contribution < 1.29 is 14.1 Å². The van der Waals surface area contributed by atoms with Gasteiger partial charge in [-0.15, -0.1) is 15.7 Å². The number of nitrogens with two attached hydrogens (primary N) is 1. The molecular formula is C24H29N5O3S2. The molecule has 1 aromatic carbocycles. The zero-order chi connectivity index (χ0) is 24.7. The molecule has 2 aromatic heterocycles. The predicted molar refractivity (Wildman–Crippen MR) is 135 cm³/mol. The number of carbonyl (C=O) groups excluding carboxylic acids is 1. The summed E-state index contributed by atoms with van der Waals surface area (Å²) in [6.07, 6.45) is 3.89. The van der Waals surface area contributed by atoms with Crippen LogP contribution in [0.5, 0.6) is 0 Å². The minimum atomic E-state index is -3.54. The number of rotatable bonds is 5. The van der Waals surface area contributed by atoms with Crippen LogP contribution in [0.15, 0.2) is 45.1 Å². The van der Waals surface area contributed by atoms with Crippen molar-refractivity contribution in [1.29, 1.82) is 0 Å². The van der Waals surface area contributed by atoms with Gasteiger partial charge in [0.05, 0.1) is 17.6 Å². The molecule has 0 aliphatic heterocycles. The first kappa shape index (κ1) is 24.5. The van der Waals surface area contributed by atoms with E-state index >= 15 is 0 Å². The van der Waals surface area contributed by atoms with Gasteiger partial charge in [-0.25, -0.2) is 19.1 Å². The quantitative estimate of drug-likeness (QED) is 0.456. The van der Waals surface area contributed by atoms with Crippen molar-refractivity contribution in [3.05, 3.63) is 58.4 Å². The fourth-order valence-corrected chi connectivity index (χ4v) is 6.16. The summed E-state index contributed by atoms with van der Waals surface area (Å²) in [6.45, 7) is 7.25.